The summed E-state index contributed by atoms with van der Waals surface area (Å²) in [6.45, 7) is -0.136. The number of H-pyrrole nitrogens is 1. The lowest BCUT2D eigenvalue weighted by molar-refractivity contribution is -0.190. The topological polar surface area (TPSA) is 149 Å². The van der Waals surface area contributed by atoms with Crippen LogP contribution in [-0.4, -0.2) is 62.3 Å². The summed E-state index contributed by atoms with van der Waals surface area (Å²) in [7, 11) is 0. The number of aromatic nitrogens is 1. The van der Waals surface area contributed by atoms with Crippen LogP contribution < -0.4 is 5.73 Å². The first-order valence-corrected chi connectivity index (χ1v) is 7.63. The summed E-state index contributed by atoms with van der Waals surface area (Å²) in [5, 5.41) is 39.6. The van der Waals surface area contributed by atoms with E-state index < -0.39 is 36.4 Å². The summed E-state index contributed by atoms with van der Waals surface area (Å²) in [6.07, 6.45) is -4.74. The van der Waals surface area contributed by atoms with Crippen LogP contribution in [0.2, 0.25) is 0 Å². The predicted octanol–water partition coefficient (Wildman–Crippen LogP) is -0.724. The number of carbonyl (C=O) groups is 1. The number of hydrogen-bond acceptors (Lipinski definition) is 6. The lowest BCUT2D eigenvalue weighted by atomic mass is 9.93. The molecule has 2 heterocycles. The van der Waals surface area contributed by atoms with Crippen LogP contribution in [0.3, 0.4) is 0 Å². The zero-order valence-electron chi connectivity index (χ0n) is 12.8. The van der Waals surface area contributed by atoms with Crippen molar-refractivity contribution in [2.24, 2.45) is 5.73 Å². The molecule has 8 heteroatoms. The minimum Gasteiger partial charge on any atom is -0.480 e. The Morgan fingerprint density at radius 1 is 1.29 bits per heavy atom. The number of hydrogen-bond donors (Lipinski definition) is 6. The fourth-order valence-electron chi connectivity index (χ4n) is 3.05. The van der Waals surface area contributed by atoms with Gasteiger partial charge in [-0.2, -0.15) is 0 Å². The number of carboxylic acid groups (broad SMARTS) is 1. The van der Waals surface area contributed by atoms with E-state index in [4.69, 9.17) is 15.6 Å². The van der Waals surface area contributed by atoms with Crippen LogP contribution in [0.4, 0.5) is 0 Å². The van der Waals surface area contributed by atoms with Gasteiger partial charge in [-0.05, 0) is 11.6 Å². The Hall–Kier alpha value is -1.97. The molecule has 1 fully saturated rings. The van der Waals surface area contributed by atoms with E-state index in [9.17, 15) is 20.1 Å². The van der Waals surface area contributed by atoms with E-state index in [0.29, 0.717) is 11.3 Å². The molecule has 1 aromatic heterocycles. The van der Waals surface area contributed by atoms with Crippen molar-refractivity contribution in [3.63, 3.8) is 0 Å². The Morgan fingerprint density at radius 2 is 2.00 bits per heavy atom. The van der Waals surface area contributed by atoms with Gasteiger partial charge < -0.3 is 35.9 Å². The highest BCUT2D eigenvalue weighted by atomic mass is 16.5. The first-order valence-electron chi connectivity index (χ1n) is 7.63. The number of fused-ring (bicyclic) bond motifs is 1. The lowest BCUT2D eigenvalue weighted by Crippen LogP contribution is -2.49. The standard InChI is InChI=1S/C16H20N2O6/c17-9(16(22)23)5-8-7-3-1-2-4-10(7)18-12(8)15-14(21)13(20)11(19)6-24-15/h1-4,9,11,13-15,18-21H,5-6,17H2,(H,22,23)/t9-,11-,13-,14+,15-/m0/s1. The zero-order valence-corrected chi connectivity index (χ0v) is 12.8. The summed E-state index contributed by atoms with van der Waals surface area (Å²) in [5.41, 5.74) is 7.50. The second-order valence-corrected chi connectivity index (χ2v) is 6.01. The van der Waals surface area contributed by atoms with Crippen molar-refractivity contribution >= 4 is 16.9 Å². The van der Waals surface area contributed by atoms with Crippen LogP contribution in [0.25, 0.3) is 10.9 Å². The van der Waals surface area contributed by atoms with E-state index in [1.165, 1.54) is 0 Å². The number of carboxylic acids is 1. The fraction of sp³-hybridized carbons (Fsp3) is 0.438. The summed E-state index contributed by atoms with van der Waals surface area (Å²) in [6, 6.07) is 6.15. The molecule has 0 unspecified atom stereocenters. The third-order valence-corrected chi connectivity index (χ3v) is 4.37. The maximum atomic E-state index is 11.1. The third kappa shape index (κ3) is 2.90. The molecule has 2 aromatic rings. The number of rotatable bonds is 4. The number of ether oxygens (including phenoxy) is 1. The van der Waals surface area contributed by atoms with Crippen LogP contribution in [0.15, 0.2) is 24.3 Å². The largest absolute Gasteiger partial charge is 0.480 e. The van der Waals surface area contributed by atoms with E-state index in [1.807, 2.05) is 24.3 Å². The molecule has 7 N–H and O–H groups in total. The Bertz CT molecular complexity index is 745. The van der Waals surface area contributed by atoms with E-state index >= 15 is 0 Å². The van der Waals surface area contributed by atoms with Crippen LogP contribution >= 0.6 is 0 Å². The smallest absolute Gasteiger partial charge is 0.320 e. The maximum Gasteiger partial charge on any atom is 0.320 e. The molecule has 0 spiro atoms. The molecule has 1 aliphatic rings. The quantitative estimate of drug-likeness (QED) is 0.431. The normalized spacial score (nSPS) is 28.8. The lowest BCUT2D eigenvalue weighted by Gasteiger charge is -2.35. The molecule has 1 aromatic carbocycles. The number of aromatic amines is 1. The van der Waals surface area contributed by atoms with Crippen molar-refractivity contribution in [2.75, 3.05) is 6.61 Å². The number of aliphatic hydroxyl groups excluding tert-OH is 3. The molecule has 0 aliphatic carbocycles. The molecule has 5 atom stereocenters. The summed E-state index contributed by atoms with van der Waals surface area (Å²) in [5.74, 6) is -1.13. The second kappa shape index (κ2) is 6.50. The molecule has 0 radical (unpaired) electrons. The van der Waals surface area contributed by atoms with Crippen molar-refractivity contribution < 1.29 is 30.0 Å². The van der Waals surface area contributed by atoms with Crippen molar-refractivity contribution in [3.8, 4) is 0 Å². The molecular weight excluding hydrogens is 316 g/mol. The monoisotopic (exact) mass is 336 g/mol. The van der Waals surface area contributed by atoms with Gasteiger partial charge in [-0.25, -0.2) is 0 Å². The van der Waals surface area contributed by atoms with Crippen LogP contribution in [-0.2, 0) is 16.0 Å². The van der Waals surface area contributed by atoms with Gasteiger partial charge in [-0.3, -0.25) is 4.79 Å². The number of benzene rings is 1. The van der Waals surface area contributed by atoms with Gasteiger partial charge in [0.2, 0.25) is 0 Å². The molecule has 0 amide bonds. The van der Waals surface area contributed by atoms with Gasteiger partial charge >= 0.3 is 5.97 Å². The highest BCUT2D eigenvalue weighted by molar-refractivity contribution is 5.86. The average molecular weight is 336 g/mol. The Balaban J connectivity index is 2.05. The van der Waals surface area contributed by atoms with E-state index in [1.54, 1.807) is 0 Å². The molecule has 130 valence electrons. The average Bonchev–Trinajstić information content (AvgIpc) is 2.91. The third-order valence-electron chi connectivity index (χ3n) is 4.37. The summed E-state index contributed by atoms with van der Waals surface area (Å²) in [4.78, 5) is 14.2. The fourth-order valence-corrected chi connectivity index (χ4v) is 3.05. The number of para-hydroxylation sites is 1. The molecular formula is C16H20N2O6. The number of nitrogens with two attached hydrogens (primary N) is 1. The van der Waals surface area contributed by atoms with E-state index in [2.05, 4.69) is 4.98 Å². The van der Waals surface area contributed by atoms with Crippen molar-refractivity contribution in [2.45, 2.75) is 36.9 Å². The summed E-state index contributed by atoms with van der Waals surface area (Å²) < 4.78 is 5.49. The van der Waals surface area contributed by atoms with Crippen molar-refractivity contribution in [1.29, 1.82) is 0 Å². The molecule has 0 saturated carbocycles. The molecule has 0 bridgehead atoms. The molecule has 8 nitrogen and oxygen atoms in total. The Labute approximate surface area is 137 Å². The van der Waals surface area contributed by atoms with E-state index in [0.717, 1.165) is 10.9 Å². The second-order valence-electron chi connectivity index (χ2n) is 6.01. The number of nitrogens with one attached hydrogen (secondary N) is 1. The zero-order chi connectivity index (χ0) is 17.4. The van der Waals surface area contributed by atoms with Crippen LogP contribution in [0.5, 0.6) is 0 Å². The molecule has 1 saturated heterocycles. The van der Waals surface area contributed by atoms with Gasteiger partial charge in [-0.1, -0.05) is 18.2 Å². The SMILES string of the molecule is N[C@@H](Cc1c([C@@H]2OC[C@H](O)[C@H](O)[C@H]2O)[nH]c2ccccc12)C(=O)O. The minimum absolute atomic E-state index is 0.0416. The van der Waals surface area contributed by atoms with Gasteiger partial charge in [0.25, 0.3) is 0 Å². The first-order chi connectivity index (χ1) is 11.4. The molecule has 1 aliphatic heterocycles. The van der Waals surface area contributed by atoms with Crippen molar-refractivity contribution in [3.05, 3.63) is 35.5 Å². The van der Waals surface area contributed by atoms with Crippen LogP contribution in [0.1, 0.15) is 17.4 Å². The predicted molar refractivity (Wildman–Crippen MR) is 84.3 cm³/mol. The van der Waals surface area contributed by atoms with Gasteiger partial charge in [0.1, 0.15) is 30.5 Å². The molecule has 3 rings (SSSR count). The van der Waals surface area contributed by atoms with Gasteiger partial charge in [0.15, 0.2) is 0 Å². The maximum absolute atomic E-state index is 11.1. The molecule has 24 heavy (non-hydrogen) atoms. The Morgan fingerprint density at radius 3 is 2.71 bits per heavy atom. The van der Waals surface area contributed by atoms with E-state index in [-0.39, 0.29) is 13.0 Å². The highest BCUT2D eigenvalue weighted by Gasteiger charge is 2.40. The van der Waals surface area contributed by atoms with Gasteiger partial charge in [0, 0.05) is 17.3 Å². The van der Waals surface area contributed by atoms with Gasteiger partial charge in [-0.15, -0.1) is 0 Å². The van der Waals surface area contributed by atoms with Crippen molar-refractivity contribution in [1.82, 2.24) is 4.98 Å². The van der Waals surface area contributed by atoms with Gasteiger partial charge in [0.05, 0.1) is 12.3 Å². The Kier molecular flexibility index (Phi) is 4.57. The minimum atomic E-state index is -1.35. The summed E-state index contributed by atoms with van der Waals surface area (Å²) >= 11 is 0. The number of aliphatic carboxylic acids is 1. The number of aliphatic hydroxyl groups is 3. The first kappa shape index (κ1) is 16.9. The van der Waals surface area contributed by atoms with Crippen LogP contribution in [0, 0.1) is 0 Å². The highest BCUT2D eigenvalue weighted by Crippen LogP contribution is 2.34.